The highest BCUT2D eigenvalue weighted by Crippen LogP contribution is 2.37. The summed E-state index contributed by atoms with van der Waals surface area (Å²) < 4.78 is 11.2. The lowest BCUT2D eigenvalue weighted by Gasteiger charge is -2.30. The predicted molar refractivity (Wildman–Crippen MR) is 71.2 cm³/mol. The molecular formula is C15H18O4. The van der Waals surface area contributed by atoms with E-state index in [1.165, 1.54) is 0 Å². The SMILES string of the molecule is C=C1C[C@H](C)O[C@@H](c2ccccc2OCC(=O)O)C1. The van der Waals surface area contributed by atoms with Crippen molar-refractivity contribution in [2.24, 2.45) is 0 Å². The number of rotatable bonds is 4. The number of para-hydroxylation sites is 1. The summed E-state index contributed by atoms with van der Waals surface area (Å²) in [5, 5.41) is 8.69. The van der Waals surface area contributed by atoms with Gasteiger partial charge < -0.3 is 14.6 Å². The molecule has 0 unspecified atom stereocenters. The average Bonchev–Trinajstić information content (AvgIpc) is 2.35. The van der Waals surface area contributed by atoms with E-state index >= 15 is 0 Å². The minimum Gasteiger partial charge on any atom is -0.482 e. The molecule has 2 rings (SSSR count). The minimum absolute atomic E-state index is 0.110. The van der Waals surface area contributed by atoms with Gasteiger partial charge in [0.25, 0.3) is 0 Å². The van der Waals surface area contributed by atoms with Crippen molar-refractivity contribution in [1.29, 1.82) is 0 Å². The fourth-order valence-electron chi connectivity index (χ4n) is 2.33. The van der Waals surface area contributed by atoms with Crippen LogP contribution >= 0.6 is 0 Å². The van der Waals surface area contributed by atoms with Crippen molar-refractivity contribution < 1.29 is 19.4 Å². The van der Waals surface area contributed by atoms with Crippen LogP contribution in [0.4, 0.5) is 0 Å². The van der Waals surface area contributed by atoms with Gasteiger partial charge in [-0.3, -0.25) is 0 Å². The van der Waals surface area contributed by atoms with Crippen molar-refractivity contribution in [1.82, 2.24) is 0 Å². The summed E-state index contributed by atoms with van der Waals surface area (Å²) in [6.45, 7) is 5.69. The van der Waals surface area contributed by atoms with Crippen LogP contribution in [0.1, 0.15) is 31.4 Å². The Morgan fingerprint density at radius 2 is 2.21 bits per heavy atom. The second kappa shape index (κ2) is 5.89. The van der Waals surface area contributed by atoms with Gasteiger partial charge in [-0.25, -0.2) is 4.79 Å². The van der Waals surface area contributed by atoms with E-state index in [0.717, 1.165) is 24.0 Å². The molecule has 19 heavy (non-hydrogen) atoms. The van der Waals surface area contributed by atoms with E-state index in [0.29, 0.717) is 5.75 Å². The Bertz CT molecular complexity index is 481. The van der Waals surface area contributed by atoms with Crippen LogP contribution in [0.25, 0.3) is 0 Å². The molecule has 0 bridgehead atoms. The molecule has 1 aromatic rings. The van der Waals surface area contributed by atoms with E-state index in [4.69, 9.17) is 14.6 Å². The monoisotopic (exact) mass is 262 g/mol. The summed E-state index contributed by atoms with van der Waals surface area (Å²) in [6, 6.07) is 7.40. The van der Waals surface area contributed by atoms with Crippen LogP contribution in [0.15, 0.2) is 36.4 Å². The van der Waals surface area contributed by atoms with Crippen LogP contribution in [-0.4, -0.2) is 23.8 Å². The lowest BCUT2D eigenvalue weighted by Crippen LogP contribution is -2.21. The molecule has 0 saturated carbocycles. The normalized spacial score (nSPS) is 23.1. The maximum absolute atomic E-state index is 10.6. The lowest BCUT2D eigenvalue weighted by molar-refractivity contribution is -0.139. The van der Waals surface area contributed by atoms with Gasteiger partial charge in [0, 0.05) is 5.56 Å². The first-order valence-electron chi connectivity index (χ1n) is 6.32. The van der Waals surface area contributed by atoms with Gasteiger partial charge >= 0.3 is 5.97 Å². The van der Waals surface area contributed by atoms with Crippen molar-refractivity contribution in [3.63, 3.8) is 0 Å². The second-order valence-corrected chi connectivity index (χ2v) is 4.81. The molecule has 102 valence electrons. The Labute approximate surface area is 112 Å². The molecule has 1 N–H and O–H groups in total. The molecule has 1 saturated heterocycles. The van der Waals surface area contributed by atoms with Crippen molar-refractivity contribution in [3.05, 3.63) is 42.0 Å². The third-order valence-corrected chi connectivity index (χ3v) is 3.06. The van der Waals surface area contributed by atoms with Gasteiger partial charge in [0.1, 0.15) is 5.75 Å². The van der Waals surface area contributed by atoms with Crippen molar-refractivity contribution in [3.8, 4) is 5.75 Å². The van der Waals surface area contributed by atoms with E-state index in [1.54, 1.807) is 6.07 Å². The summed E-state index contributed by atoms with van der Waals surface area (Å²) in [7, 11) is 0. The zero-order valence-electron chi connectivity index (χ0n) is 11.0. The van der Waals surface area contributed by atoms with Gasteiger partial charge in [-0.05, 0) is 25.8 Å². The lowest BCUT2D eigenvalue weighted by atomic mass is 9.95. The molecule has 0 aromatic heterocycles. The molecule has 4 nitrogen and oxygen atoms in total. The van der Waals surface area contributed by atoms with Crippen molar-refractivity contribution >= 4 is 5.97 Å². The van der Waals surface area contributed by atoms with E-state index in [-0.39, 0.29) is 18.8 Å². The third-order valence-electron chi connectivity index (χ3n) is 3.06. The van der Waals surface area contributed by atoms with E-state index in [9.17, 15) is 4.79 Å². The van der Waals surface area contributed by atoms with Crippen LogP contribution in [-0.2, 0) is 9.53 Å². The van der Waals surface area contributed by atoms with Crippen LogP contribution < -0.4 is 4.74 Å². The highest BCUT2D eigenvalue weighted by atomic mass is 16.5. The molecule has 2 atom stereocenters. The summed E-state index contributed by atoms with van der Waals surface area (Å²) in [6.07, 6.45) is 1.63. The highest BCUT2D eigenvalue weighted by Gasteiger charge is 2.25. The number of carbonyl (C=O) groups is 1. The van der Waals surface area contributed by atoms with E-state index in [2.05, 4.69) is 6.58 Å². The summed E-state index contributed by atoms with van der Waals surface area (Å²) in [5.74, 6) is -0.422. The summed E-state index contributed by atoms with van der Waals surface area (Å²) >= 11 is 0. The molecule has 1 heterocycles. The average molecular weight is 262 g/mol. The molecule has 0 spiro atoms. The number of aliphatic carboxylic acids is 1. The fraction of sp³-hybridized carbons (Fsp3) is 0.400. The van der Waals surface area contributed by atoms with E-state index in [1.807, 2.05) is 25.1 Å². The van der Waals surface area contributed by atoms with Gasteiger partial charge in [0.2, 0.25) is 0 Å². The molecule has 1 aliphatic rings. The predicted octanol–water partition coefficient (Wildman–Crippen LogP) is 2.95. The number of ether oxygens (including phenoxy) is 2. The van der Waals surface area contributed by atoms with Gasteiger partial charge in [0.05, 0.1) is 12.2 Å². The minimum atomic E-state index is -0.989. The standard InChI is InChI=1S/C15H18O4/c1-10-7-11(2)19-14(8-10)12-5-3-4-6-13(12)18-9-15(16)17/h3-6,11,14H,1,7-9H2,2H3,(H,16,17)/t11-,14+/m0/s1. The molecule has 1 aliphatic heterocycles. The Balaban J connectivity index is 2.18. The Hall–Kier alpha value is -1.81. The number of carboxylic acids is 1. The van der Waals surface area contributed by atoms with Gasteiger partial charge in [-0.15, -0.1) is 0 Å². The molecule has 4 heteroatoms. The molecular weight excluding hydrogens is 244 g/mol. The Kier molecular flexibility index (Phi) is 4.22. The Morgan fingerprint density at radius 3 is 2.89 bits per heavy atom. The molecule has 0 aliphatic carbocycles. The molecule has 1 fully saturated rings. The first-order chi connectivity index (χ1) is 9.06. The van der Waals surface area contributed by atoms with Crippen molar-refractivity contribution in [2.75, 3.05) is 6.61 Å². The van der Waals surface area contributed by atoms with E-state index < -0.39 is 5.97 Å². The van der Waals surface area contributed by atoms with Gasteiger partial charge in [0.15, 0.2) is 6.61 Å². The maximum atomic E-state index is 10.6. The van der Waals surface area contributed by atoms with Crippen LogP contribution in [0.3, 0.4) is 0 Å². The Morgan fingerprint density at radius 1 is 1.47 bits per heavy atom. The number of hydrogen-bond acceptors (Lipinski definition) is 3. The van der Waals surface area contributed by atoms with Crippen LogP contribution in [0, 0.1) is 0 Å². The van der Waals surface area contributed by atoms with Crippen molar-refractivity contribution in [2.45, 2.75) is 32.0 Å². The smallest absolute Gasteiger partial charge is 0.341 e. The van der Waals surface area contributed by atoms with Crippen LogP contribution in [0.2, 0.25) is 0 Å². The fourth-order valence-corrected chi connectivity index (χ4v) is 2.33. The first-order valence-corrected chi connectivity index (χ1v) is 6.32. The molecule has 0 radical (unpaired) electrons. The third kappa shape index (κ3) is 3.58. The number of benzene rings is 1. The number of carboxylic acid groups (broad SMARTS) is 1. The topological polar surface area (TPSA) is 55.8 Å². The van der Waals surface area contributed by atoms with Gasteiger partial charge in [-0.2, -0.15) is 0 Å². The molecule has 1 aromatic carbocycles. The van der Waals surface area contributed by atoms with Crippen LogP contribution in [0.5, 0.6) is 5.75 Å². The highest BCUT2D eigenvalue weighted by molar-refractivity contribution is 5.68. The maximum Gasteiger partial charge on any atom is 0.341 e. The summed E-state index contributed by atoms with van der Waals surface area (Å²) in [5.41, 5.74) is 2.04. The largest absolute Gasteiger partial charge is 0.482 e. The summed E-state index contributed by atoms with van der Waals surface area (Å²) in [4.78, 5) is 10.6. The zero-order chi connectivity index (χ0) is 13.8. The van der Waals surface area contributed by atoms with Gasteiger partial charge in [-0.1, -0.05) is 30.4 Å². The second-order valence-electron chi connectivity index (χ2n) is 4.81. The first kappa shape index (κ1) is 13.6. The number of hydrogen-bond donors (Lipinski definition) is 1. The molecule has 0 amide bonds. The zero-order valence-corrected chi connectivity index (χ0v) is 11.0. The quantitative estimate of drug-likeness (QED) is 0.848.